The van der Waals surface area contributed by atoms with E-state index >= 15 is 0 Å². The van der Waals surface area contributed by atoms with E-state index in [2.05, 4.69) is 103 Å². The number of hydrogen-bond acceptors (Lipinski definition) is 1. The van der Waals surface area contributed by atoms with Crippen molar-refractivity contribution in [3.8, 4) is 0 Å². The van der Waals surface area contributed by atoms with E-state index in [9.17, 15) is 4.79 Å². The number of rotatable bonds is 5. The van der Waals surface area contributed by atoms with E-state index in [1.807, 2.05) is 12.1 Å². The van der Waals surface area contributed by atoms with Crippen molar-refractivity contribution in [2.75, 3.05) is 0 Å². The summed E-state index contributed by atoms with van der Waals surface area (Å²) in [6, 6.07) is 40.4. The summed E-state index contributed by atoms with van der Waals surface area (Å²) in [7, 11) is -2.07. The summed E-state index contributed by atoms with van der Waals surface area (Å²) in [5.41, 5.74) is 0.746. The predicted molar refractivity (Wildman–Crippen MR) is 121 cm³/mol. The summed E-state index contributed by atoms with van der Waals surface area (Å²) in [4.78, 5) is 11.8. The lowest BCUT2D eigenvalue weighted by Crippen LogP contribution is -3.00. The van der Waals surface area contributed by atoms with Crippen LogP contribution in [0.1, 0.15) is 17.3 Å². The summed E-state index contributed by atoms with van der Waals surface area (Å²) in [6.45, 7) is 1.61. The fourth-order valence-corrected chi connectivity index (χ4v) is 8.01. The fraction of sp³-hybridized carbons (Fsp3) is 0.0385. The second-order valence-corrected chi connectivity index (χ2v) is 10.2. The van der Waals surface area contributed by atoms with Crippen LogP contribution in [0.2, 0.25) is 0 Å². The lowest BCUT2D eigenvalue weighted by atomic mass is 10.2. The Labute approximate surface area is 179 Å². The molecule has 0 heterocycles. The molecule has 0 atom stereocenters. The fourth-order valence-electron chi connectivity index (χ4n) is 3.77. The topological polar surface area (TPSA) is 17.1 Å². The molecular formula is C26H22ClOP. The molecule has 0 amide bonds. The van der Waals surface area contributed by atoms with Crippen LogP contribution in [0, 0.1) is 0 Å². The van der Waals surface area contributed by atoms with Crippen LogP contribution in [0.5, 0.6) is 0 Å². The Balaban J connectivity index is 0.00000240. The molecule has 0 fully saturated rings. The van der Waals surface area contributed by atoms with Gasteiger partial charge in [0, 0.05) is 5.56 Å². The minimum absolute atomic E-state index is 0. The zero-order valence-electron chi connectivity index (χ0n) is 16.2. The average molecular weight is 417 g/mol. The first-order valence-electron chi connectivity index (χ1n) is 9.40. The summed E-state index contributed by atoms with van der Waals surface area (Å²) >= 11 is 0. The van der Waals surface area contributed by atoms with Gasteiger partial charge in [-0.1, -0.05) is 54.6 Å². The highest BCUT2D eigenvalue weighted by Crippen LogP contribution is 2.54. The molecule has 0 saturated carbocycles. The zero-order valence-corrected chi connectivity index (χ0v) is 17.9. The van der Waals surface area contributed by atoms with Gasteiger partial charge in [0.15, 0.2) is 5.78 Å². The van der Waals surface area contributed by atoms with E-state index in [1.165, 1.54) is 21.2 Å². The average Bonchev–Trinajstić information content (AvgIpc) is 2.77. The smallest absolute Gasteiger partial charge is 0.159 e. The molecule has 3 heteroatoms. The molecule has 4 rings (SSSR count). The molecular weight excluding hydrogens is 395 g/mol. The van der Waals surface area contributed by atoms with Gasteiger partial charge in [0.1, 0.15) is 28.5 Å². The standard InChI is InChI=1S/C26H22OP.ClH/c1-21(27)22-17-19-26(20-18-22)28(23-11-5-2-6-12-23,24-13-7-3-8-14-24)25-15-9-4-10-16-25;/h2-20H,1H3;1H/q+1;/p-1. The van der Waals surface area contributed by atoms with Crippen LogP contribution < -0.4 is 33.6 Å². The van der Waals surface area contributed by atoms with Crippen molar-refractivity contribution in [1.82, 2.24) is 0 Å². The van der Waals surface area contributed by atoms with E-state index < -0.39 is 7.26 Å². The Bertz CT molecular complexity index is 965. The van der Waals surface area contributed by atoms with Gasteiger partial charge in [-0.2, -0.15) is 0 Å². The summed E-state index contributed by atoms with van der Waals surface area (Å²) in [6.07, 6.45) is 0. The molecule has 0 aliphatic heterocycles. The van der Waals surface area contributed by atoms with Gasteiger partial charge in [0.25, 0.3) is 0 Å². The number of carbonyl (C=O) groups is 1. The van der Waals surface area contributed by atoms with Crippen LogP contribution in [0.4, 0.5) is 0 Å². The SMILES string of the molecule is CC(=O)c1ccc([P+](c2ccccc2)(c2ccccc2)c2ccccc2)cc1.[Cl-]. The summed E-state index contributed by atoms with van der Waals surface area (Å²) in [5, 5.41) is 5.18. The van der Waals surface area contributed by atoms with E-state index in [-0.39, 0.29) is 18.2 Å². The van der Waals surface area contributed by atoms with Crippen molar-refractivity contribution < 1.29 is 17.2 Å². The van der Waals surface area contributed by atoms with Crippen LogP contribution in [0.25, 0.3) is 0 Å². The van der Waals surface area contributed by atoms with Crippen LogP contribution in [0.3, 0.4) is 0 Å². The first kappa shape index (κ1) is 21.0. The van der Waals surface area contributed by atoms with E-state index in [0.717, 1.165) is 5.56 Å². The molecule has 4 aromatic rings. The molecule has 29 heavy (non-hydrogen) atoms. The zero-order chi connectivity index (χ0) is 19.4. The van der Waals surface area contributed by atoms with Crippen molar-refractivity contribution >= 4 is 34.3 Å². The van der Waals surface area contributed by atoms with Gasteiger partial charge in [-0.15, -0.1) is 0 Å². The van der Waals surface area contributed by atoms with Crippen LogP contribution >= 0.6 is 7.26 Å². The molecule has 0 saturated heterocycles. The number of halogens is 1. The largest absolute Gasteiger partial charge is 1.00 e. The van der Waals surface area contributed by atoms with Gasteiger partial charge in [0.2, 0.25) is 0 Å². The van der Waals surface area contributed by atoms with E-state index in [4.69, 9.17) is 0 Å². The molecule has 0 unspecified atom stereocenters. The van der Waals surface area contributed by atoms with Gasteiger partial charge in [-0.25, -0.2) is 0 Å². The normalized spacial score (nSPS) is 10.8. The maximum absolute atomic E-state index is 11.8. The lowest BCUT2D eigenvalue weighted by molar-refractivity contribution is -0.0000134. The Hall–Kier alpha value is -2.73. The molecule has 144 valence electrons. The first-order valence-corrected chi connectivity index (χ1v) is 11.2. The first-order chi connectivity index (χ1) is 13.7. The third-order valence-corrected chi connectivity index (χ3v) is 9.38. The van der Waals surface area contributed by atoms with Gasteiger partial charge in [-0.3, -0.25) is 4.79 Å². The molecule has 4 aromatic carbocycles. The van der Waals surface area contributed by atoms with Crippen molar-refractivity contribution in [2.45, 2.75) is 6.92 Å². The monoisotopic (exact) mass is 416 g/mol. The second kappa shape index (κ2) is 9.18. The quantitative estimate of drug-likeness (QED) is 0.356. The lowest BCUT2D eigenvalue weighted by Gasteiger charge is -2.27. The number of benzene rings is 4. The molecule has 1 nitrogen and oxygen atoms in total. The maximum Gasteiger partial charge on any atom is 0.159 e. The van der Waals surface area contributed by atoms with E-state index in [1.54, 1.807) is 6.92 Å². The van der Waals surface area contributed by atoms with Gasteiger partial charge >= 0.3 is 0 Å². The number of carbonyl (C=O) groups excluding carboxylic acids is 1. The third kappa shape index (κ3) is 3.90. The van der Waals surface area contributed by atoms with Crippen molar-refractivity contribution in [3.63, 3.8) is 0 Å². The van der Waals surface area contributed by atoms with Crippen molar-refractivity contribution in [2.24, 2.45) is 0 Å². The van der Waals surface area contributed by atoms with Gasteiger partial charge < -0.3 is 12.4 Å². The van der Waals surface area contributed by atoms with Crippen LogP contribution in [0.15, 0.2) is 115 Å². The second-order valence-electron chi connectivity index (χ2n) is 6.78. The maximum atomic E-state index is 11.8. The Morgan fingerprint density at radius 2 is 0.828 bits per heavy atom. The number of Topliss-reactive ketones (excluding diaryl/α,β-unsaturated/α-hetero) is 1. The molecule has 0 aliphatic carbocycles. The highest BCUT2D eigenvalue weighted by molar-refractivity contribution is 8.01. The van der Waals surface area contributed by atoms with E-state index in [0.29, 0.717) is 0 Å². The molecule has 0 aliphatic rings. The minimum atomic E-state index is -2.07. The van der Waals surface area contributed by atoms with Gasteiger partial charge in [-0.05, 0) is 67.6 Å². The van der Waals surface area contributed by atoms with Crippen molar-refractivity contribution in [1.29, 1.82) is 0 Å². The van der Waals surface area contributed by atoms with Crippen LogP contribution in [-0.2, 0) is 0 Å². The van der Waals surface area contributed by atoms with Crippen LogP contribution in [-0.4, -0.2) is 5.78 Å². The predicted octanol–water partition coefficient (Wildman–Crippen LogP) is 1.51. The molecule has 0 aromatic heterocycles. The molecule has 0 N–H and O–H groups in total. The number of hydrogen-bond donors (Lipinski definition) is 0. The molecule has 0 bridgehead atoms. The Morgan fingerprint density at radius 1 is 0.517 bits per heavy atom. The Morgan fingerprint density at radius 3 is 1.14 bits per heavy atom. The highest BCUT2D eigenvalue weighted by atomic mass is 35.5. The Kier molecular flexibility index (Phi) is 6.64. The van der Waals surface area contributed by atoms with Crippen molar-refractivity contribution in [3.05, 3.63) is 121 Å². The summed E-state index contributed by atoms with van der Waals surface area (Å²) < 4.78 is 0. The highest BCUT2D eigenvalue weighted by Gasteiger charge is 2.47. The third-order valence-electron chi connectivity index (χ3n) is 5.09. The minimum Gasteiger partial charge on any atom is -1.00 e. The van der Waals surface area contributed by atoms with Gasteiger partial charge in [0.05, 0.1) is 0 Å². The summed E-state index contributed by atoms with van der Waals surface area (Å²) in [5.74, 6) is 0.0922. The number of ketones is 1. The molecule has 0 spiro atoms. The molecule has 0 radical (unpaired) electrons.